The van der Waals surface area contributed by atoms with Crippen molar-refractivity contribution in [3.05, 3.63) is 64.5 Å². The molecule has 3 aromatic heterocycles. The van der Waals surface area contributed by atoms with Crippen LogP contribution < -0.4 is 5.32 Å². The van der Waals surface area contributed by atoms with Gasteiger partial charge in [0.1, 0.15) is 16.8 Å². The topological polar surface area (TPSA) is 112 Å². The van der Waals surface area contributed by atoms with Crippen molar-refractivity contribution >= 4 is 28.8 Å². The van der Waals surface area contributed by atoms with Gasteiger partial charge in [0.05, 0.1) is 29.0 Å². The lowest BCUT2D eigenvalue weighted by Crippen LogP contribution is -2.36. The lowest BCUT2D eigenvalue weighted by Gasteiger charge is -2.13. The molecule has 1 aromatic carbocycles. The predicted molar refractivity (Wildman–Crippen MR) is 114 cm³/mol. The Morgan fingerprint density at radius 1 is 1.40 bits per heavy atom. The zero-order chi connectivity index (χ0) is 21.1. The van der Waals surface area contributed by atoms with E-state index in [1.807, 2.05) is 31.3 Å². The average Bonchev–Trinajstić information content (AvgIpc) is 3.48. The molecule has 0 saturated carbocycles. The van der Waals surface area contributed by atoms with E-state index in [0.717, 1.165) is 21.8 Å². The zero-order valence-corrected chi connectivity index (χ0v) is 17.4. The number of hydrogen-bond donors (Lipinski definition) is 2. The van der Waals surface area contributed by atoms with Crippen LogP contribution >= 0.6 is 22.9 Å². The molecule has 1 atom stereocenters. The molecule has 8 nitrogen and oxygen atoms in total. The Morgan fingerprint density at radius 2 is 2.27 bits per heavy atom. The lowest BCUT2D eigenvalue weighted by atomic mass is 10.1. The van der Waals surface area contributed by atoms with Crippen molar-refractivity contribution < 1.29 is 4.79 Å². The van der Waals surface area contributed by atoms with Gasteiger partial charge < -0.3 is 5.32 Å². The van der Waals surface area contributed by atoms with Crippen LogP contribution in [0.25, 0.3) is 21.8 Å². The number of nitrogens with zero attached hydrogens (tertiary/aromatic N) is 5. The number of halogens is 1. The minimum absolute atomic E-state index is 0.158. The summed E-state index contributed by atoms with van der Waals surface area (Å²) in [5.41, 5.74) is 3.21. The highest BCUT2D eigenvalue weighted by Gasteiger charge is 2.15. The first-order valence-corrected chi connectivity index (χ1v) is 10.3. The molecular formula is C20H16ClN7OS. The number of rotatable bonds is 6. The minimum Gasteiger partial charge on any atom is -0.346 e. The van der Waals surface area contributed by atoms with Gasteiger partial charge in [-0.1, -0.05) is 17.7 Å². The number of benzene rings is 1. The van der Waals surface area contributed by atoms with Gasteiger partial charge in [0.2, 0.25) is 0 Å². The van der Waals surface area contributed by atoms with E-state index in [-0.39, 0.29) is 11.9 Å². The van der Waals surface area contributed by atoms with Crippen molar-refractivity contribution in [1.82, 2.24) is 30.3 Å². The Kier molecular flexibility index (Phi) is 5.61. The van der Waals surface area contributed by atoms with E-state index >= 15 is 0 Å². The molecule has 0 radical (unpaired) electrons. The molecule has 0 saturated heterocycles. The summed E-state index contributed by atoms with van der Waals surface area (Å²) < 4.78 is 1.75. The molecule has 150 valence electrons. The van der Waals surface area contributed by atoms with Gasteiger partial charge in [-0.15, -0.1) is 11.3 Å². The number of H-pyrrole nitrogens is 1. The highest BCUT2D eigenvalue weighted by molar-refractivity contribution is 7.13. The monoisotopic (exact) mass is 437 g/mol. The molecular weight excluding hydrogens is 422 g/mol. The van der Waals surface area contributed by atoms with Crippen LogP contribution in [0.15, 0.2) is 48.2 Å². The number of thiazole rings is 1. The summed E-state index contributed by atoms with van der Waals surface area (Å²) in [6.07, 6.45) is 5.24. The molecule has 4 aromatic rings. The van der Waals surface area contributed by atoms with Gasteiger partial charge in [0.15, 0.2) is 0 Å². The van der Waals surface area contributed by atoms with Crippen LogP contribution in [-0.2, 0) is 6.54 Å². The maximum atomic E-state index is 12.5. The predicted octanol–water partition coefficient (Wildman–Crippen LogP) is 3.74. The van der Waals surface area contributed by atoms with Gasteiger partial charge in [-0.25, -0.2) is 4.98 Å². The van der Waals surface area contributed by atoms with E-state index in [1.165, 1.54) is 11.3 Å². The zero-order valence-electron chi connectivity index (χ0n) is 15.8. The number of carbonyl (C=O) groups is 1. The Labute approximate surface area is 181 Å². The van der Waals surface area contributed by atoms with Crippen molar-refractivity contribution in [3.8, 4) is 27.9 Å². The van der Waals surface area contributed by atoms with Crippen LogP contribution in [0.1, 0.15) is 23.0 Å². The molecule has 2 N–H and O–H groups in total. The number of nitriles is 1. The third-order valence-electron chi connectivity index (χ3n) is 4.35. The van der Waals surface area contributed by atoms with Crippen molar-refractivity contribution in [2.45, 2.75) is 19.5 Å². The summed E-state index contributed by atoms with van der Waals surface area (Å²) in [7, 11) is 0. The Bertz CT molecular complexity index is 1220. The van der Waals surface area contributed by atoms with Crippen molar-refractivity contribution in [1.29, 1.82) is 5.26 Å². The summed E-state index contributed by atoms with van der Waals surface area (Å²) in [5, 5.41) is 25.9. The molecule has 1 amide bonds. The van der Waals surface area contributed by atoms with Gasteiger partial charge >= 0.3 is 0 Å². The quantitative estimate of drug-likeness (QED) is 0.477. The van der Waals surface area contributed by atoms with Crippen molar-refractivity contribution in [3.63, 3.8) is 0 Å². The highest BCUT2D eigenvalue weighted by Crippen LogP contribution is 2.24. The molecule has 1 unspecified atom stereocenters. The Hall–Kier alpha value is -3.48. The average molecular weight is 438 g/mol. The molecule has 0 spiro atoms. The smallest absolute Gasteiger partial charge is 0.271 e. The second kappa shape index (κ2) is 8.49. The summed E-state index contributed by atoms with van der Waals surface area (Å²) in [5.74, 6) is -0.236. The second-order valence-electron chi connectivity index (χ2n) is 6.63. The van der Waals surface area contributed by atoms with Crippen LogP contribution in [0.5, 0.6) is 0 Å². The first-order chi connectivity index (χ1) is 14.5. The van der Waals surface area contributed by atoms with Crippen molar-refractivity contribution in [2.24, 2.45) is 0 Å². The fourth-order valence-electron chi connectivity index (χ4n) is 2.88. The first-order valence-electron chi connectivity index (χ1n) is 9.02. The van der Waals surface area contributed by atoms with Crippen LogP contribution in [0, 0.1) is 11.3 Å². The summed E-state index contributed by atoms with van der Waals surface area (Å²) in [6, 6.07) is 8.95. The number of hydrogen-bond acceptors (Lipinski definition) is 6. The Morgan fingerprint density at radius 3 is 3.00 bits per heavy atom. The number of nitrogens with one attached hydrogen (secondary N) is 2. The summed E-state index contributed by atoms with van der Waals surface area (Å²) in [4.78, 5) is 16.9. The van der Waals surface area contributed by atoms with E-state index in [1.54, 1.807) is 34.6 Å². The molecule has 0 bridgehead atoms. The second-order valence-corrected chi connectivity index (χ2v) is 7.89. The molecule has 0 aliphatic heterocycles. The molecule has 0 aliphatic carbocycles. The van der Waals surface area contributed by atoms with Gasteiger partial charge in [0.25, 0.3) is 5.91 Å². The van der Waals surface area contributed by atoms with E-state index in [2.05, 4.69) is 25.6 Å². The van der Waals surface area contributed by atoms with Crippen LogP contribution in [-0.4, -0.2) is 36.9 Å². The first kappa shape index (κ1) is 19.8. The standard InChI is InChI=1S/C20H16ClN7OS/c1-12(25-19(29)18-11-30-20(26-18)15-8-23-24-9-15)10-28-5-4-17(27-28)13-2-3-14(7-22)16(21)6-13/h2-6,8-9,11-12H,10H2,1H3,(H,23,24)(H,25,29). The third-order valence-corrected chi connectivity index (χ3v) is 5.55. The van der Waals surface area contributed by atoms with Gasteiger partial charge in [-0.2, -0.15) is 15.5 Å². The van der Waals surface area contributed by atoms with E-state index in [0.29, 0.717) is 22.8 Å². The molecule has 3 heterocycles. The Balaban J connectivity index is 1.39. The van der Waals surface area contributed by atoms with Crippen LogP contribution in [0.2, 0.25) is 5.02 Å². The van der Waals surface area contributed by atoms with Crippen LogP contribution in [0.4, 0.5) is 0 Å². The van der Waals surface area contributed by atoms with E-state index < -0.39 is 0 Å². The molecule has 0 aliphatic rings. The number of amides is 1. The maximum absolute atomic E-state index is 12.5. The van der Waals surface area contributed by atoms with E-state index in [9.17, 15) is 4.79 Å². The number of carbonyl (C=O) groups excluding carboxylic acids is 1. The summed E-state index contributed by atoms with van der Waals surface area (Å²) in [6.45, 7) is 2.40. The van der Waals surface area contributed by atoms with Gasteiger partial charge in [0, 0.05) is 34.9 Å². The third kappa shape index (κ3) is 4.25. The number of aromatic nitrogens is 5. The van der Waals surface area contributed by atoms with Gasteiger partial charge in [-0.05, 0) is 25.1 Å². The number of aromatic amines is 1. The lowest BCUT2D eigenvalue weighted by molar-refractivity contribution is 0.0931. The molecule has 0 fully saturated rings. The minimum atomic E-state index is -0.236. The van der Waals surface area contributed by atoms with E-state index in [4.69, 9.17) is 16.9 Å². The normalized spacial score (nSPS) is 11.8. The molecule has 30 heavy (non-hydrogen) atoms. The fourth-order valence-corrected chi connectivity index (χ4v) is 3.89. The van der Waals surface area contributed by atoms with Gasteiger partial charge in [-0.3, -0.25) is 14.6 Å². The fraction of sp³-hybridized carbons (Fsp3) is 0.150. The van der Waals surface area contributed by atoms with Crippen LogP contribution in [0.3, 0.4) is 0 Å². The SMILES string of the molecule is CC(Cn1ccc(-c2ccc(C#N)c(Cl)c2)n1)NC(=O)c1csc(-c2cn[nH]c2)n1. The maximum Gasteiger partial charge on any atom is 0.271 e. The highest BCUT2D eigenvalue weighted by atomic mass is 35.5. The largest absolute Gasteiger partial charge is 0.346 e. The summed E-state index contributed by atoms with van der Waals surface area (Å²) >= 11 is 7.50. The molecule has 4 rings (SSSR count). The van der Waals surface area contributed by atoms with Crippen molar-refractivity contribution in [2.75, 3.05) is 0 Å². The molecule has 10 heteroatoms.